The summed E-state index contributed by atoms with van der Waals surface area (Å²) in [5.74, 6) is -2.30. The van der Waals surface area contributed by atoms with Gasteiger partial charge in [0.25, 0.3) is 5.91 Å². The quantitative estimate of drug-likeness (QED) is 0.903. The van der Waals surface area contributed by atoms with Crippen molar-refractivity contribution >= 4 is 23.2 Å². The molecular weight excluding hydrogens is 346 g/mol. The molecule has 2 amide bonds. The van der Waals surface area contributed by atoms with Crippen molar-refractivity contribution in [2.75, 3.05) is 6.54 Å². The Morgan fingerprint density at radius 2 is 2.08 bits per heavy atom. The molecule has 1 aromatic carbocycles. The molecule has 2 unspecified atom stereocenters. The van der Waals surface area contributed by atoms with Crippen LogP contribution < -0.4 is 5.32 Å². The highest BCUT2D eigenvalue weighted by Crippen LogP contribution is 2.23. The van der Waals surface area contributed by atoms with Crippen molar-refractivity contribution in [3.63, 3.8) is 0 Å². The van der Waals surface area contributed by atoms with Crippen LogP contribution in [0.5, 0.6) is 0 Å². The molecule has 0 radical (unpaired) electrons. The molecule has 1 saturated heterocycles. The molecule has 25 heavy (non-hydrogen) atoms. The first-order chi connectivity index (χ1) is 12.0. The van der Waals surface area contributed by atoms with E-state index >= 15 is 0 Å². The number of carbonyl (C=O) groups excluding carboxylic acids is 2. The van der Waals surface area contributed by atoms with E-state index in [4.69, 9.17) is 0 Å². The first-order valence-corrected chi connectivity index (χ1v) is 8.95. The van der Waals surface area contributed by atoms with Gasteiger partial charge in [0.2, 0.25) is 5.91 Å². The Morgan fingerprint density at radius 3 is 2.76 bits per heavy atom. The van der Waals surface area contributed by atoms with E-state index in [1.807, 2.05) is 5.38 Å². The Kier molecular flexibility index (Phi) is 5.13. The normalized spacial score (nSPS) is 18.2. The van der Waals surface area contributed by atoms with Gasteiger partial charge < -0.3 is 10.2 Å². The number of benzene rings is 1. The van der Waals surface area contributed by atoms with Gasteiger partial charge in [0, 0.05) is 6.54 Å². The van der Waals surface area contributed by atoms with E-state index in [2.05, 4.69) is 5.32 Å². The van der Waals surface area contributed by atoms with Crippen LogP contribution in [-0.4, -0.2) is 29.3 Å². The topological polar surface area (TPSA) is 49.4 Å². The van der Waals surface area contributed by atoms with Gasteiger partial charge in [-0.25, -0.2) is 8.78 Å². The van der Waals surface area contributed by atoms with Gasteiger partial charge in [-0.2, -0.15) is 0 Å². The highest BCUT2D eigenvalue weighted by atomic mass is 32.1. The number of nitrogens with zero attached hydrogens (tertiary/aromatic N) is 1. The number of halogens is 2. The number of nitrogens with one attached hydrogen (secondary N) is 1. The first kappa shape index (κ1) is 17.5. The molecule has 2 atom stereocenters. The van der Waals surface area contributed by atoms with Crippen molar-refractivity contribution in [1.82, 2.24) is 10.2 Å². The number of hydrogen-bond acceptors (Lipinski definition) is 3. The van der Waals surface area contributed by atoms with Gasteiger partial charge in [0.1, 0.15) is 6.04 Å². The van der Waals surface area contributed by atoms with Crippen LogP contribution in [0.2, 0.25) is 0 Å². The number of carbonyl (C=O) groups is 2. The Labute approximate surface area is 148 Å². The Bertz CT molecular complexity index is 779. The van der Waals surface area contributed by atoms with E-state index in [9.17, 15) is 18.4 Å². The molecule has 132 valence electrons. The second-order valence-corrected chi connectivity index (χ2v) is 6.99. The van der Waals surface area contributed by atoms with E-state index in [-0.39, 0.29) is 11.8 Å². The van der Waals surface area contributed by atoms with Gasteiger partial charge in [-0.1, -0.05) is 12.1 Å². The van der Waals surface area contributed by atoms with E-state index in [1.165, 1.54) is 17.4 Å². The van der Waals surface area contributed by atoms with Crippen LogP contribution >= 0.6 is 11.3 Å². The molecule has 2 heterocycles. The average molecular weight is 364 g/mol. The summed E-state index contributed by atoms with van der Waals surface area (Å²) >= 11 is 1.35. The van der Waals surface area contributed by atoms with Crippen molar-refractivity contribution in [2.45, 2.75) is 31.8 Å². The van der Waals surface area contributed by atoms with Gasteiger partial charge in [0.15, 0.2) is 11.6 Å². The van der Waals surface area contributed by atoms with E-state index in [1.54, 1.807) is 24.0 Å². The van der Waals surface area contributed by atoms with Crippen LogP contribution in [0.15, 0.2) is 35.7 Å². The van der Waals surface area contributed by atoms with Crippen LogP contribution in [0.25, 0.3) is 0 Å². The molecule has 7 heteroatoms. The van der Waals surface area contributed by atoms with Crippen LogP contribution in [0.3, 0.4) is 0 Å². The van der Waals surface area contributed by atoms with Crippen LogP contribution in [0, 0.1) is 11.6 Å². The predicted octanol–water partition coefficient (Wildman–Crippen LogP) is 3.51. The number of hydrogen-bond donors (Lipinski definition) is 1. The minimum atomic E-state index is -0.950. The third-order valence-corrected chi connectivity index (χ3v) is 5.21. The van der Waals surface area contributed by atoms with Gasteiger partial charge in [-0.05, 0) is 48.9 Å². The summed E-state index contributed by atoms with van der Waals surface area (Å²) in [5.41, 5.74) is 0.474. The summed E-state index contributed by atoms with van der Waals surface area (Å²) in [6, 6.07) is 6.06. The molecule has 1 aromatic heterocycles. The van der Waals surface area contributed by atoms with Crippen molar-refractivity contribution < 1.29 is 18.4 Å². The highest BCUT2D eigenvalue weighted by Gasteiger charge is 2.35. The summed E-state index contributed by atoms with van der Waals surface area (Å²) in [5, 5.41) is 4.62. The number of thiophene rings is 1. The standard InChI is InChI=1S/C18H18F2N2O2S/c1-11(12-6-7-13(19)14(20)10-12)21-17(23)15-4-2-8-22(15)18(24)16-5-3-9-25-16/h3,5-7,9-11,15H,2,4,8H2,1H3,(H,21,23). The third-order valence-electron chi connectivity index (χ3n) is 4.35. The lowest BCUT2D eigenvalue weighted by Gasteiger charge is -2.25. The fourth-order valence-corrected chi connectivity index (χ4v) is 3.68. The lowest BCUT2D eigenvalue weighted by atomic mass is 10.1. The Balaban J connectivity index is 1.69. The second-order valence-electron chi connectivity index (χ2n) is 6.04. The minimum absolute atomic E-state index is 0.145. The molecule has 0 aliphatic carbocycles. The molecule has 1 aliphatic heterocycles. The van der Waals surface area contributed by atoms with Gasteiger partial charge >= 0.3 is 0 Å². The molecule has 0 spiro atoms. The first-order valence-electron chi connectivity index (χ1n) is 8.07. The van der Waals surface area contributed by atoms with Crippen molar-refractivity contribution in [2.24, 2.45) is 0 Å². The van der Waals surface area contributed by atoms with E-state index in [0.717, 1.165) is 18.6 Å². The van der Waals surface area contributed by atoms with Crippen molar-refractivity contribution in [1.29, 1.82) is 0 Å². The molecule has 4 nitrogen and oxygen atoms in total. The third kappa shape index (κ3) is 3.71. The smallest absolute Gasteiger partial charge is 0.264 e. The maximum Gasteiger partial charge on any atom is 0.264 e. The molecule has 0 bridgehead atoms. The molecule has 3 rings (SSSR count). The Morgan fingerprint density at radius 1 is 1.28 bits per heavy atom. The van der Waals surface area contributed by atoms with Crippen molar-refractivity contribution in [3.8, 4) is 0 Å². The highest BCUT2D eigenvalue weighted by molar-refractivity contribution is 7.12. The van der Waals surface area contributed by atoms with Crippen molar-refractivity contribution in [3.05, 3.63) is 57.8 Å². The average Bonchev–Trinajstić information content (AvgIpc) is 3.28. The lowest BCUT2D eigenvalue weighted by molar-refractivity contribution is -0.125. The fraction of sp³-hybridized carbons (Fsp3) is 0.333. The summed E-state index contributed by atoms with van der Waals surface area (Å²) in [6.45, 7) is 2.24. The zero-order valence-electron chi connectivity index (χ0n) is 13.7. The Hall–Kier alpha value is -2.28. The molecular formula is C18H18F2N2O2S. The number of likely N-dealkylation sites (tertiary alicyclic amines) is 1. The van der Waals surface area contributed by atoms with Crippen LogP contribution in [0.4, 0.5) is 8.78 Å². The van der Waals surface area contributed by atoms with Gasteiger partial charge in [-0.3, -0.25) is 9.59 Å². The fourth-order valence-electron chi connectivity index (χ4n) is 3.00. The van der Waals surface area contributed by atoms with Crippen LogP contribution in [0.1, 0.15) is 41.0 Å². The lowest BCUT2D eigenvalue weighted by Crippen LogP contribution is -2.46. The maximum atomic E-state index is 13.4. The monoisotopic (exact) mass is 364 g/mol. The zero-order chi connectivity index (χ0) is 18.0. The SMILES string of the molecule is CC(NC(=O)C1CCCN1C(=O)c1cccs1)c1ccc(F)c(F)c1. The number of amides is 2. The van der Waals surface area contributed by atoms with E-state index in [0.29, 0.717) is 23.4 Å². The molecule has 1 aliphatic rings. The van der Waals surface area contributed by atoms with Crippen LogP contribution in [-0.2, 0) is 4.79 Å². The molecule has 1 fully saturated rings. The number of rotatable bonds is 4. The summed E-state index contributed by atoms with van der Waals surface area (Å²) in [6.07, 6.45) is 1.35. The zero-order valence-corrected chi connectivity index (χ0v) is 14.5. The van der Waals surface area contributed by atoms with E-state index < -0.39 is 23.7 Å². The largest absolute Gasteiger partial charge is 0.348 e. The molecule has 1 N–H and O–H groups in total. The summed E-state index contributed by atoms with van der Waals surface area (Å²) < 4.78 is 26.4. The summed E-state index contributed by atoms with van der Waals surface area (Å²) in [7, 11) is 0. The molecule has 0 saturated carbocycles. The van der Waals surface area contributed by atoms with Gasteiger partial charge in [-0.15, -0.1) is 11.3 Å². The second kappa shape index (κ2) is 7.31. The predicted molar refractivity (Wildman–Crippen MR) is 91.3 cm³/mol. The molecule has 2 aromatic rings. The summed E-state index contributed by atoms with van der Waals surface area (Å²) in [4.78, 5) is 27.3. The van der Waals surface area contributed by atoms with Gasteiger partial charge in [0.05, 0.1) is 10.9 Å². The minimum Gasteiger partial charge on any atom is -0.348 e. The maximum absolute atomic E-state index is 13.4.